The third-order valence-corrected chi connectivity index (χ3v) is 4.11. The maximum Gasteiger partial charge on any atom is 0.253 e. The second kappa shape index (κ2) is 8.03. The molecule has 0 aliphatic rings. The van der Waals surface area contributed by atoms with E-state index in [-0.39, 0.29) is 17.9 Å². The van der Waals surface area contributed by atoms with Gasteiger partial charge in [0.25, 0.3) is 5.91 Å². The molecule has 1 aromatic rings. The molecule has 0 spiro atoms. The van der Waals surface area contributed by atoms with Gasteiger partial charge in [0, 0.05) is 36.3 Å². The number of benzene rings is 1. The molecule has 0 saturated carbocycles. The highest BCUT2D eigenvalue weighted by molar-refractivity contribution is 5.95. The molecule has 1 atom stereocenters. The Morgan fingerprint density at radius 3 is 2.48 bits per heavy atom. The number of hydrogen-bond acceptors (Lipinski definition) is 3. The Morgan fingerprint density at radius 1 is 1.29 bits per heavy atom. The van der Waals surface area contributed by atoms with Gasteiger partial charge in [-0.3, -0.25) is 4.79 Å². The lowest BCUT2D eigenvalue weighted by atomic mass is 9.88. The maximum atomic E-state index is 12.3. The zero-order chi connectivity index (χ0) is 15.9. The van der Waals surface area contributed by atoms with E-state index < -0.39 is 0 Å². The van der Waals surface area contributed by atoms with Crippen molar-refractivity contribution in [2.24, 2.45) is 5.41 Å². The number of anilines is 1. The van der Waals surface area contributed by atoms with Crippen molar-refractivity contribution >= 4 is 11.6 Å². The molecule has 1 rings (SSSR count). The molecule has 4 nitrogen and oxygen atoms in total. The fourth-order valence-electron chi connectivity index (χ4n) is 2.06. The lowest BCUT2D eigenvalue weighted by Gasteiger charge is -2.26. The van der Waals surface area contributed by atoms with Gasteiger partial charge in [-0.25, -0.2) is 0 Å². The van der Waals surface area contributed by atoms with Crippen LogP contribution < -0.4 is 5.32 Å². The number of carbonyl (C=O) groups excluding carboxylic acids is 1. The molecule has 0 fully saturated rings. The van der Waals surface area contributed by atoms with Gasteiger partial charge in [-0.1, -0.05) is 19.9 Å². The first-order valence-corrected chi connectivity index (χ1v) is 7.73. The van der Waals surface area contributed by atoms with Crippen LogP contribution >= 0.6 is 0 Å². The van der Waals surface area contributed by atoms with Gasteiger partial charge in [0.05, 0.1) is 6.61 Å². The van der Waals surface area contributed by atoms with Crippen LogP contribution in [0.2, 0.25) is 0 Å². The summed E-state index contributed by atoms with van der Waals surface area (Å²) < 4.78 is 0. The predicted octanol–water partition coefficient (Wildman–Crippen LogP) is 2.99. The number of carbonyl (C=O) groups is 1. The van der Waals surface area contributed by atoms with Gasteiger partial charge in [-0.2, -0.15) is 0 Å². The van der Waals surface area contributed by atoms with Crippen LogP contribution in [0.4, 0.5) is 5.69 Å². The SMILES string of the molecule is CCN(CC)C(=O)c1cccc(NCC(C)(CC)CO)c1. The van der Waals surface area contributed by atoms with E-state index in [9.17, 15) is 9.90 Å². The summed E-state index contributed by atoms with van der Waals surface area (Å²) in [5, 5.41) is 12.8. The fourth-order valence-corrected chi connectivity index (χ4v) is 2.06. The Hall–Kier alpha value is -1.55. The van der Waals surface area contributed by atoms with Crippen LogP contribution in [0.3, 0.4) is 0 Å². The molecular weight excluding hydrogens is 264 g/mol. The second-order valence-electron chi connectivity index (χ2n) is 5.73. The molecule has 1 aromatic carbocycles. The Balaban J connectivity index is 2.79. The fraction of sp³-hybridized carbons (Fsp3) is 0.588. The molecule has 21 heavy (non-hydrogen) atoms. The van der Waals surface area contributed by atoms with E-state index in [0.29, 0.717) is 25.2 Å². The minimum absolute atomic E-state index is 0.0593. The molecule has 0 heterocycles. The first-order valence-electron chi connectivity index (χ1n) is 7.73. The molecule has 2 N–H and O–H groups in total. The van der Waals surface area contributed by atoms with Crippen molar-refractivity contribution in [1.29, 1.82) is 0 Å². The van der Waals surface area contributed by atoms with Crippen molar-refractivity contribution in [3.8, 4) is 0 Å². The van der Waals surface area contributed by atoms with Crippen LogP contribution in [0.25, 0.3) is 0 Å². The summed E-state index contributed by atoms with van der Waals surface area (Å²) in [6, 6.07) is 7.57. The third kappa shape index (κ3) is 4.74. The lowest BCUT2D eigenvalue weighted by molar-refractivity contribution is 0.0773. The van der Waals surface area contributed by atoms with Crippen molar-refractivity contribution in [1.82, 2.24) is 4.90 Å². The monoisotopic (exact) mass is 292 g/mol. The number of aliphatic hydroxyl groups excluding tert-OH is 1. The Bertz CT molecular complexity index is 452. The van der Waals surface area contributed by atoms with Crippen LogP contribution in [0.5, 0.6) is 0 Å². The number of nitrogens with one attached hydrogen (secondary N) is 1. The van der Waals surface area contributed by atoms with E-state index in [2.05, 4.69) is 12.2 Å². The van der Waals surface area contributed by atoms with E-state index in [0.717, 1.165) is 12.1 Å². The van der Waals surface area contributed by atoms with Crippen molar-refractivity contribution in [2.45, 2.75) is 34.1 Å². The Kier molecular flexibility index (Phi) is 6.69. The summed E-state index contributed by atoms with van der Waals surface area (Å²) in [5.41, 5.74) is 1.48. The van der Waals surface area contributed by atoms with E-state index >= 15 is 0 Å². The average molecular weight is 292 g/mol. The van der Waals surface area contributed by atoms with E-state index in [1.807, 2.05) is 49.9 Å². The largest absolute Gasteiger partial charge is 0.396 e. The number of aliphatic hydroxyl groups is 1. The van der Waals surface area contributed by atoms with Gasteiger partial charge >= 0.3 is 0 Å². The minimum atomic E-state index is -0.140. The molecule has 0 aliphatic heterocycles. The highest BCUT2D eigenvalue weighted by atomic mass is 16.3. The first-order chi connectivity index (χ1) is 9.99. The predicted molar refractivity (Wildman–Crippen MR) is 87.7 cm³/mol. The molecule has 0 aliphatic carbocycles. The summed E-state index contributed by atoms with van der Waals surface area (Å²) >= 11 is 0. The van der Waals surface area contributed by atoms with E-state index in [4.69, 9.17) is 0 Å². The molecule has 0 aromatic heterocycles. The Morgan fingerprint density at radius 2 is 1.95 bits per heavy atom. The molecule has 1 unspecified atom stereocenters. The van der Waals surface area contributed by atoms with Gasteiger partial charge < -0.3 is 15.3 Å². The van der Waals surface area contributed by atoms with Gasteiger partial charge in [0.15, 0.2) is 0 Å². The molecule has 0 radical (unpaired) electrons. The van der Waals surface area contributed by atoms with Gasteiger partial charge in [-0.05, 0) is 38.5 Å². The summed E-state index contributed by atoms with van der Waals surface area (Å²) in [4.78, 5) is 14.1. The van der Waals surface area contributed by atoms with Crippen LogP contribution in [0, 0.1) is 5.41 Å². The zero-order valence-corrected chi connectivity index (χ0v) is 13.6. The second-order valence-corrected chi connectivity index (χ2v) is 5.73. The van der Waals surface area contributed by atoms with Crippen LogP contribution in [0.1, 0.15) is 44.5 Å². The topological polar surface area (TPSA) is 52.6 Å². The van der Waals surface area contributed by atoms with Crippen molar-refractivity contribution < 1.29 is 9.90 Å². The number of amides is 1. The summed E-state index contributed by atoms with van der Waals surface area (Å²) in [6.07, 6.45) is 0.897. The lowest BCUT2D eigenvalue weighted by Crippen LogP contribution is -2.31. The van der Waals surface area contributed by atoms with Crippen molar-refractivity contribution in [3.05, 3.63) is 29.8 Å². The van der Waals surface area contributed by atoms with Crippen molar-refractivity contribution in [3.63, 3.8) is 0 Å². The number of rotatable bonds is 8. The third-order valence-electron chi connectivity index (χ3n) is 4.11. The molecule has 118 valence electrons. The minimum Gasteiger partial charge on any atom is -0.396 e. The summed E-state index contributed by atoms with van der Waals surface area (Å²) in [6.45, 7) is 10.3. The number of hydrogen-bond donors (Lipinski definition) is 2. The van der Waals surface area contributed by atoms with Crippen molar-refractivity contribution in [2.75, 3.05) is 31.6 Å². The number of nitrogens with zero attached hydrogens (tertiary/aromatic N) is 1. The average Bonchev–Trinajstić information content (AvgIpc) is 2.54. The van der Waals surface area contributed by atoms with Gasteiger partial charge in [0.1, 0.15) is 0 Å². The normalized spacial score (nSPS) is 13.6. The molecular formula is C17H28N2O2. The molecule has 0 saturated heterocycles. The van der Waals surface area contributed by atoms with Crippen LogP contribution in [-0.4, -0.2) is 42.2 Å². The Labute approximate surface area is 128 Å². The standard InChI is InChI=1S/C17H28N2O2/c1-5-17(4,13-20)12-18-15-10-8-9-14(11-15)16(21)19(6-2)7-3/h8-11,18,20H,5-7,12-13H2,1-4H3. The highest BCUT2D eigenvalue weighted by Gasteiger charge is 2.20. The van der Waals surface area contributed by atoms with Crippen LogP contribution in [0.15, 0.2) is 24.3 Å². The van der Waals surface area contributed by atoms with Gasteiger partial charge in [0.2, 0.25) is 0 Å². The zero-order valence-electron chi connectivity index (χ0n) is 13.6. The maximum absolute atomic E-state index is 12.3. The van der Waals surface area contributed by atoms with Gasteiger partial charge in [-0.15, -0.1) is 0 Å². The smallest absolute Gasteiger partial charge is 0.253 e. The highest BCUT2D eigenvalue weighted by Crippen LogP contribution is 2.21. The first kappa shape index (κ1) is 17.5. The quantitative estimate of drug-likeness (QED) is 0.774. The van der Waals surface area contributed by atoms with E-state index in [1.54, 1.807) is 0 Å². The molecule has 4 heteroatoms. The van der Waals surface area contributed by atoms with E-state index in [1.165, 1.54) is 0 Å². The summed E-state index contributed by atoms with van der Waals surface area (Å²) in [5.74, 6) is 0.0593. The molecule has 1 amide bonds. The molecule has 0 bridgehead atoms. The summed E-state index contributed by atoms with van der Waals surface area (Å²) in [7, 11) is 0. The van der Waals surface area contributed by atoms with Crippen LogP contribution in [-0.2, 0) is 0 Å².